The lowest BCUT2D eigenvalue weighted by atomic mass is 10.1. The van der Waals surface area contributed by atoms with E-state index in [1.807, 2.05) is 6.07 Å². The largest absolute Gasteiger partial charge is 0.384 e. The maximum Gasteiger partial charge on any atom is 0.243 e. The predicted molar refractivity (Wildman–Crippen MR) is 106 cm³/mol. The van der Waals surface area contributed by atoms with Crippen LogP contribution >= 0.6 is 11.8 Å². The minimum Gasteiger partial charge on any atom is -0.384 e. The van der Waals surface area contributed by atoms with Crippen LogP contribution in [0.4, 0.5) is 5.69 Å². The SMILES string of the molecule is CCc1ccc(NCCSc2nnc(-c3cc4ooc4cn3)n2CC)cc1. The fraction of sp³-hybridized carbons (Fsp3) is 0.316. The molecule has 1 N–H and O–H groups in total. The first-order valence-electron chi connectivity index (χ1n) is 9.02. The van der Waals surface area contributed by atoms with Gasteiger partial charge in [0.05, 0.1) is 6.20 Å². The molecule has 0 aliphatic rings. The van der Waals surface area contributed by atoms with Crippen molar-refractivity contribution < 1.29 is 9.15 Å². The summed E-state index contributed by atoms with van der Waals surface area (Å²) in [6.45, 7) is 5.86. The topological polar surface area (TPSA) is 81.9 Å². The van der Waals surface area contributed by atoms with E-state index in [9.17, 15) is 0 Å². The molecule has 1 aromatic carbocycles. The van der Waals surface area contributed by atoms with Gasteiger partial charge in [-0.25, -0.2) is 4.98 Å². The summed E-state index contributed by atoms with van der Waals surface area (Å²) in [5.74, 6) is 1.63. The van der Waals surface area contributed by atoms with Crippen molar-refractivity contribution >= 4 is 28.6 Å². The summed E-state index contributed by atoms with van der Waals surface area (Å²) in [6, 6.07) is 10.4. The Morgan fingerprint density at radius 3 is 2.56 bits per heavy atom. The minimum atomic E-state index is 0.647. The number of anilines is 1. The van der Waals surface area contributed by atoms with Gasteiger partial charge in [0.2, 0.25) is 11.2 Å². The van der Waals surface area contributed by atoms with Crippen LogP contribution < -0.4 is 5.32 Å². The highest BCUT2D eigenvalue weighted by atomic mass is 32.2. The molecule has 0 saturated heterocycles. The van der Waals surface area contributed by atoms with E-state index in [1.165, 1.54) is 5.56 Å². The van der Waals surface area contributed by atoms with Gasteiger partial charge >= 0.3 is 0 Å². The van der Waals surface area contributed by atoms with Crippen molar-refractivity contribution in [2.75, 3.05) is 17.6 Å². The molecule has 0 aliphatic carbocycles. The molecule has 4 aromatic rings. The number of hydrogen-bond acceptors (Lipinski definition) is 7. The van der Waals surface area contributed by atoms with Gasteiger partial charge in [0.15, 0.2) is 11.0 Å². The highest BCUT2D eigenvalue weighted by molar-refractivity contribution is 7.99. The molecule has 0 atom stereocenters. The van der Waals surface area contributed by atoms with Crippen LogP contribution in [0, 0.1) is 0 Å². The van der Waals surface area contributed by atoms with E-state index in [2.05, 4.69) is 63.2 Å². The van der Waals surface area contributed by atoms with Crippen molar-refractivity contribution in [2.45, 2.75) is 32.0 Å². The van der Waals surface area contributed by atoms with E-state index in [4.69, 9.17) is 9.15 Å². The van der Waals surface area contributed by atoms with Crippen molar-refractivity contribution in [3.63, 3.8) is 0 Å². The van der Waals surface area contributed by atoms with Gasteiger partial charge < -0.3 is 9.88 Å². The number of nitrogens with one attached hydrogen (secondary N) is 1. The molecule has 0 radical (unpaired) electrons. The molecule has 3 aromatic heterocycles. The third kappa shape index (κ3) is 3.71. The quantitative estimate of drug-likeness (QED) is 0.273. The maximum absolute atomic E-state index is 4.94. The first-order valence-corrected chi connectivity index (χ1v) is 10.0. The molecule has 0 fully saturated rings. The zero-order chi connectivity index (χ0) is 18.6. The highest BCUT2D eigenvalue weighted by Crippen LogP contribution is 2.26. The Morgan fingerprint density at radius 2 is 1.89 bits per heavy atom. The Morgan fingerprint density at radius 1 is 1.07 bits per heavy atom. The Labute approximate surface area is 161 Å². The van der Waals surface area contributed by atoms with E-state index < -0.39 is 0 Å². The molecule has 7 nitrogen and oxygen atoms in total. The molecule has 140 valence electrons. The molecular formula is C19H21N5O2S. The fourth-order valence-electron chi connectivity index (χ4n) is 2.80. The molecule has 0 saturated carbocycles. The average Bonchev–Trinajstić information content (AvgIpc) is 3.09. The van der Waals surface area contributed by atoms with Gasteiger partial charge in [-0.05, 0) is 31.0 Å². The summed E-state index contributed by atoms with van der Waals surface area (Å²) in [5.41, 5.74) is 4.54. The Balaban J connectivity index is 1.38. The smallest absolute Gasteiger partial charge is 0.243 e. The van der Waals surface area contributed by atoms with Gasteiger partial charge in [-0.15, -0.1) is 10.2 Å². The number of aromatic nitrogens is 4. The monoisotopic (exact) mass is 383 g/mol. The summed E-state index contributed by atoms with van der Waals surface area (Å²) in [6.07, 6.45) is 2.70. The van der Waals surface area contributed by atoms with Crippen LogP contribution in [0.15, 0.2) is 50.8 Å². The van der Waals surface area contributed by atoms with Crippen LogP contribution in [0.1, 0.15) is 19.4 Å². The zero-order valence-electron chi connectivity index (χ0n) is 15.3. The van der Waals surface area contributed by atoms with E-state index in [1.54, 1.807) is 18.0 Å². The number of thioether (sulfide) groups is 1. The van der Waals surface area contributed by atoms with Gasteiger partial charge in [-0.3, -0.25) is 9.15 Å². The molecular weight excluding hydrogens is 362 g/mol. The van der Waals surface area contributed by atoms with E-state index in [0.717, 1.165) is 47.6 Å². The van der Waals surface area contributed by atoms with E-state index in [-0.39, 0.29) is 0 Å². The van der Waals surface area contributed by atoms with Gasteiger partial charge in [-0.1, -0.05) is 30.8 Å². The number of benzene rings is 1. The number of pyridine rings is 1. The summed E-state index contributed by atoms with van der Waals surface area (Å²) in [7, 11) is 0. The van der Waals surface area contributed by atoms with Crippen LogP contribution in [0.3, 0.4) is 0 Å². The third-order valence-corrected chi connectivity index (χ3v) is 5.31. The van der Waals surface area contributed by atoms with Crippen LogP contribution in [-0.2, 0) is 13.0 Å². The van der Waals surface area contributed by atoms with Crippen LogP contribution in [0.2, 0.25) is 0 Å². The lowest BCUT2D eigenvalue weighted by Crippen LogP contribution is -2.06. The number of aryl methyl sites for hydroxylation is 1. The third-order valence-electron chi connectivity index (χ3n) is 4.34. The van der Waals surface area contributed by atoms with Gasteiger partial charge in [0.25, 0.3) is 0 Å². The van der Waals surface area contributed by atoms with Crippen molar-refractivity contribution in [3.8, 4) is 11.5 Å². The van der Waals surface area contributed by atoms with Crippen molar-refractivity contribution in [3.05, 3.63) is 42.1 Å². The molecule has 27 heavy (non-hydrogen) atoms. The summed E-state index contributed by atoms with van der Waals surface area (Å²) in [4.78, 5) is 4.38. The van der Waals surface area contributed by atoms with Crippen LogP contribution in [0.25, 0.3) is 22.7 Å². The fourth-order valence-corrected chi connectivity index (χ4v) is 3.65. The highest BCUT2D eigenvalue weighted by Gasteiger charge is 2.16. The lowest BCUT2D eigenvalue weighted by Gasteiger charge is -2.09. The van der Waals surface area contributed by atoms with Crippen LogP contribution in [-0.4, -0.2) is 32.0 Å². The molecule has 0 unspecified atom stereocenters. The average molecular weight is 383 g/mol. The summed E-state index contributed by atoms with van der Waals surface area (Å²) < 4.78 is 11.8. The zero-order valence-corrected chi connectivity index (χ0v) is 16.1. The minimum absolute atomic E-state index is 0.647. The first kappa shape index (κ1) is 17.7. The van der Waals surface area contributed by atoms with E-state index >= 15 is 0 Å². The second kappa shape index (κ2) is 7.87. The predicted octanol–water partition coefficient (Wildman–Crippen LogP) is 4.47. The van der Waals surface area contributed by atoms with E-state index in [0.29, 0.717) is 11.2 Å². The van der Waals surface area contributed by atoms with Crippen molar-refractivity contribution in [2.24, 2.45) is 0 Å². The van der Waals surface area contributed by atoms with Gasteiger partial charge in [0.1, 0.15) is 5.69 Å². The van der Waals surface area contributed by atoms with Gasteiger partial charge in [-0.2, -0.15) is 0 Å². The second-order valence-corrected chi connectivity index (χ2v) is 7.12. The molecule has 3 heterocycles. The second-order valence-electron chi connectivity index (χ2n) is 6.06. The summed E-state index contributed by atoms with van der Waals surface area (Å²) in [5, 5.41) is 13.0. The Hall–Kier alpha value is -2.74. The van der Waals surface area contributed by atoms with Crippen molar-refractivity contribution in [1.29, 1.82) is 0 Å². The molecule has 0 spiro atoms. The standard InChI is InChI=1S/C19H21N5O2S/c1-3-13-5-7-14(8-6-13)20-9-10-27-19-23-22-18(24(19)4-2)15-11-16-17(12-21-15)26-25-16/h5-8,11-12,20H,3-4,9-10H2,1-2H3. The Bertz CT molecular complexity index is 1020. The molecule has 4 rings (SSSR count). The summed E-state index contributed by atoms with van der Waals surface area (Å²) >= 11 is 1.68. The maximum atomic E-state index is 4.94. The van der Waals surface area contributed by atoms with Crippen LogP contribution in [0.5, 0.6) is 0 Å². The molecule has 0 aliphatic heterocycles. The molecule has 8 heteroatoms. The van der Waals surface area contributed by atoms with Gasteiger partial charge in [0, 0.05) is 30.6 Å². The number of hydrogen-bond donors (Lipinski definition) is 1. The molecule has 0 bridgehead atoms. The lowest BCUT2D eigenvalue weighted by molar-refractivity contribution is 0.0585. The first-order chi connectivity index (χ1) is 13.3. The number of fused-ring (bicyclic) bond motifs is 1. The van der Waals surface area contributed by atoms with Crippen molar-refractivity contribution in [1.82, 2.24) is 19.7 Å². The normalized spacial score (nSPS) is 11.3. The molecule has 0 amide bonds. The number of rotatable bonds is 8. The Kier molecular flexibility index (Phi) is 5.15. The number of nitrogens with zero attached hydrogens (tertiary/aromatic N) is 4.